The maximum Gasteiger partial charge on any atom is 0.165 e. The minimum absolute atomic E-state index is 0.375. The first kappa shape index (κ1) is 13.0. The molecule has 2 heterocycles. The molecule has 0 spiro atoms. The number of methoxy groups -OCH3 is 1. The Morgan fingerprint density at radius 3 is 2.72 bits per heavy atom. The Bertz CT molecular complexity index is 581. The van der Waals surface area contributed by atoms with Gasteiger partial charge in [0.2, 0.25) is 0 Å². The highest BCUT2D eigenvalue weighted by atomic mass is 79.9. The molecule has 0 atom stereocenters. The van der Waals surface area contributed by atoms with Gasteiger partial charge in [-0.2, -0.15) is 5.10 Å². The number of anilines is 1. The number of nitrogens with two attached hydrogens (primary N) is 1. The quantitative estimate of drug-likeness (QED) is 0.933. The van der Waals surface area contributed by atoms with Crippen molar-refractivity contribution in [2.45, 2.75) is 13.5 Å². The molecule has 18 heavy (non-hydrogen) atoms. The third-order valence-electron chi connectivity index (χ3n) is 2.48. The molecule has 0 saturated heterocycles. The highest BCUT2D eigenvalue weighted by Crippen LogP contribution is 2.26. The molecule has 0 bridgehead atoms. The minimum atomic E-state index is 0.375. The van der Waals surface area contributed by atoms with Crippen LogP contribution in [0.25, 0.3) is 11.4 Å². The van der Waals surface area contributed by atoms with E-state index in [0.29, 0.717) is 22.7 Å². The summed E-state index contributed by atoms with van der Waals surface area (Å²) in [7, 11) is 3.47. The monoisotopic (exact) mass is 311 g/mol. The zero-order chi connectivity index (χ0) is 13.3. The molecule has 0 aliphatic heterocycles. The predicted octanol–water partition coefficient (Wildman–Crippen LogP) is 1.68. The number of rotatable bonds is 3. The van der Waals surface area contributed by atoms with E-state index in [1.54, 1.807) is 11.8 Å². The summed E-state index contributed by atoms with van der Waals surface area (Å²) in [5.41, 5.74) is 8.32. The summed E-state index contributed by atoms with van der Waals surface area (Å²) < 4.78 is 7.49. The summed E-state index contributed by atoms with van der Waals surface area (Å²) in [5.74, 6) is 0.962. The van der Waals surface area contributed by atoms with E-state index in [0.717, 1.165) is 17.0 Å². The number of nitrogens with zero attached hydrogens (tertiary/aromatic N) is 4. The lowest BCUT2D eigenvalue weighted by Crippen LogP contribution is -2.04. The number of nitrogen functional groups attached to an aromatic ring is 1. The zero-order valence-electron chi connectivity index (χ0n) is 10.4. The maximum atomic E-state index is 5.87. The van der Waals surface area contributed by atoms with Gasteiger partial charge in [-0.25, -0.2) is 9.97 Å². The van der Waals surface area contributed by atoms with Crippen LogP contribution in [0.15, 0.2) is 10.7 Å². The van der Waals surface area contributed by atoms with Crippen LogP contribution in [0, 0.1) is 6.92 Å². The van der Waals surface area contributed by atoms with E-state index >= 15 is 0 Å². The Labute approximate surface area is 113 Å². The minimum Gasteiger partial charge on any atom is -0.383 e. The molecule has 0 fully saturated rings. The van der Waals surface area contributed by atoms with Gasteiger partial charge in [0.1, 0.15) is 5.82 Å². The van der Waals surface area contributed by atoms with E-state index in [-0.39, 0.29) is 0 Å². The molecule has 0 radical (unpaired) electrons. The van der Waals surface area contributed by atoms with Crippen LogP contribution in [0.3, 0.4) is 0 Å². The molecule has 6 nitrogen and oxygen atoms in total. The van der Waals surface area contributed by atoms with Gasteiger partial charge in [0.25, 0.3) is 0 Å². The SMILES string of the molecule is COCc1nc(-c2cn(C)nc2C)nc(N)c1Br. The van der Waals surface area contributed by atoms with Gasteiger partial charge in [-0.05, 0) is 22.9 Å². The van der Waals surface area contributed by atoms with Crippen LogP contribution in [-0.2, 0) is 18.4 Å². The molecule has 2 rings (SSSR count). The number of aromatic nitrogens is 4. The average Bonchev–Trinajstić information content (AvgIpc) is 2.64. The fourth-order valence-electron chi connectivity index (χ4n) is 1.68. The fraction of sp³-hybridized carbons (Fsp3) is 0.364. The smallest absolute Gasteiger partial charge is 0.165 e. The molecule has 96 valence electrons. The summed E-state index contributed by atoms with van der Waals surface area (Å²) in [6.07, 6.45) is 1.87. The highest BCUT2D eigenvalue weighted by Gasteiger charge is 2.14. The van der Waals surface area contributed by atoms with E-state index in [1.165, 1.54) is 0 Å². The van der Waals surface area contributed by atoms with E-state index < -0.39 is 0 Å². The third-order valence-corrected chi connectivity index (χ3v) is 3.34. The van der Waals surface area contributed by atoms with Gasteiger partial charge >= 0.3 is 0 Å². The van der Waals surface area contributed by atoms with Crippen molar-refractivity contribution in [3.05, 3.63) is 22.1 Å². The number of ether oxygens (including phenoxy) is 1. The van der Waals surface area contributed by atoms with Crippen LogP contribution in [-0.4, -0.2) is 26.9 Å². The second-order valence-corrected chi connectivity index (χ2v) is 4.72. The van der Waals surface area contributed by atoms with Gasteiger partial charge < -0.3 is 10.5 Å². The first-order chi connectivity index (χ1) is 8.52. The maximum absolute atomic E-state index is 5.87. The molecule has 0 saturated carbocycles. The first-order valence-electron chi connectivity index (χ1n) is 5.34. The lowest BCUT2D eigenvalue weighted by Gasteiger charge is -2.07. The molecule has 0 unspecified atom stereocenters. The van der Waals surface area contributed by atoms with Gasteiger partial charge in [0, 0.05) is 20.4 Å². The Morgan fingerprint density at radius 2 is 2.17 bits per heavy atom. The van der Waals surface area contributed by atoms with Gasteiger partial charge in [-0.3, -0.25) is 4.68 Å². The Balaban J connectivity index is 2.55. The summed E-state index contributed by atoms with van der Waals surface area (Å²) in [4.78, 5) is 8.72. The molecule has 2 N–H and O–H groups in total. The number of aryl methyl sites for hydroxylation is 2. The van der Waals surface area contributed by atoms with Crippen LogP contribution < -0.4 is 5.73 Å². The Kier molecular flexibility index (Phi) is 3.63. The Hall–Kier alpha value is -1.47. The van der Waals surface area contributed by atoms with Crippen LogP contribution in [0.1, 0.15) is 11.4 Å². The van der Waals surface area contributed by atoms with Crippen molar-refractivity contribution in [2.24, 2.45) is 7.05 Å². The first-order valence-corrected chi connectivity index (χ1v) is 6.13. The van der Waals surface area contributed by atoms with Crippen molar-refractivity contribution in [1.82, 2.24) is 19.7 Å². The molecule has 2 aromatic heterocycles. The zero-order valence-corrected chi connectivity index (χ0v) is 12.0. The second kappa shape index (κ2) is 5.03. The number of hydrogen-bond donors (Lipinski definition) is 1. The van der Waals surface area contributed by atoms with Crippen LogP contribution in [0.2, 0.25) is 0 Å². The van der Waals surface area contributed by atoms with Crippen molar-refractivity contribution < 1.29 is 4.74 Å². The molecular formula is C11H14BrN5O. The Morgan fingerprint density at radius 1 is 1.44 bits per heavy atom. The van der Waals surface area contributed by atoms with Crippen LogP contribution in [0.5, 0.6) is 0 Å². The summed E-state index contributed by atoms with van der Waals surface area (Å²) >= 11 is 3.36. The van der Waals surface area contributed by atoms with E-state index in [9.17, 15) is 0 Å². The molecule has 7 heteroatoms. The van der Waals surface area contributed by atoms with Crippen molar-refractivity contribution in [3.8, 4) is 11.4 Å². The van der Waals surface area contributed by atoms with Crippen LogP contribution in [0.4, 0.5) is 5.82 Å². The molecular weight excluding hydrogens is 298 g/mol. The largest absolute Gasteiger partial charge is 0.383 e. The highest BCUT2D eigenvalue weighted by molar-refractivity contribution is 9.10. The standard InChI is InChI=1S/C11H14BrN5O/c1-6-7(4-17(2)16-6)11-14-8(5-18-3)9(12)10(13)15-11/h4H,5H2,1-3H3,(H2,13,14,15). The summed E-state index contributed by atoms with van der Waals surface area (Å²) in [6.45, 7) is 2.28. The number of halogens is 1. The summed E-state index contributed by atoms with van der Waals surface area (Å²) in [6, 6.07) is 0. The summed E-state index contributed by atoms with van der Waals surface area (Å²) in [5, 5.41) is 4.27. The topological polar surface area (TPSA) is 78.8 Å². The average molecular weight is 312 g/mol. The molecule has 0 aliphatic rings. The number of hydrogen-bond acceptors (Lipinski definition) is 5. The lowest BCUT2D eigenvalue weighted by atomic mass is 10.2. The van der Waals surface area contributed by atoms with Gasteiger partial charge in [-0.1, -0.05) is 0 Å². The van der Waals surface area contributed by atoms with Gasteiger partial charge in [0.15, 0.2) is 5.82 Å². The van der Waals surface area contributed by atoms with Crippen molar-refractivity contribution >= 4 is 21.7 Å². The molecule has 0 aliphatic carbocycles. The van der Waals surface area contributed by atoms with Crippen molar-refractivity contribution in [1.29, 1.82) is 0 Å². The van der Waals surface area contributed by atoms with Crippen molar-refractivity contribution in [2.75, 3.05) is 12.8 Å². The van der Waals surface area contributed by atoms with Gasteiger partial charge in [0.05, 0.1) is 28.0 Å². The molecule has 0 amide bonds. The third kappa shape index (κ3) is 2.37. The van der Waals surface area contributed by atoms with Crippen LogP contribution >= 0.6 is 15.9 Å². The van der Waals surface area contributed by atoms with E-state index in [2.05, 4.69) is 31.0 Å². The molecule has 2 aromatic rings. The fourth-order valence-corrected chi connectivity index (χ4v) is 1.98. The predicted molar refractivity (Wildman–Crippen MR) is 71.8 cm³/mol. The van der Waals surface area contributed by atoms with E-state index in [4.69, 9.17) is 10.5 Å². The molecule has 0 aromatic carbocycles. The second-order valence-electron chi connectivity index (χ2n) is 3.93. The lowest BCUT2D eigenvalue weighted by molar-refractivity contribution is 0.181. The normalized spacial score (nSPS) is 10.9. The van der Waals surface area contributed by atoms with Gasteiger partial charge in [-0.15, -0.1) is 0 Å². The van der Waals surface area contributed by atoms with Crippen molar-refractivity contribution in [3.63, 3.8) is 0 Å². The van der Waals surface area contributed by atoms with E-state index in [1.807, 2.05) is 20.2 Å².